The number of hydrogen-bond acceptors (Lipinski definition) is 5. The van der Waals surface area contributed by atoms with Crippen LogP contribution in [0.2, 0.25) is 0 Å². The summed E-state index contributed by atoms with van der Waals surface area (Å²) < 4.78 is 0. The lowest BCUT2D eigenvalue weighted by molar-refractivity contribution is -0.129. The van der Waals surface area contributed by atoms with E-state index < -0.39 is 0 Å². The Labute approximate surface area is 115 Å². The summed E-state index contributed by atoms with van der Waals surface area (Å²) in [6, 6.07) is 0.110. The molecule has 2 aliphatic heterocycles. The van der Waals surface area contributed by atoms with E-state index in [4.69, 9.17) is 0 Å². The molecule has 0 saturated heterocycles. The number of dihydropyridines is 1. The Balaban J connectivity index is 0.000000742. The largest absolute Gasteiger partial charge is 0.347 e. The van der Waals surface area contributed by atoms with Gasteiger partial charge in [0.1, 0.15) is 0 Å². The van der Waals surface area contributed by atoms with Gasteiger partial charge in [-0.2, -0.15) is 0 Å². The van der Waals surface area contributed by atoms with Crippen molar-refractivity contribution in [2.24, 2.45) is 9.98 Å². The molecule has 0 saturated carbocycles. The lowest BCUT2D eigenvalue weighted by atomic mass is 10.2. The minimum Gasteiger partial charge on any atom is -0.347 e. The van der Waals surface area contributed by atoms with Gasteiger partial charge in [-0.15, -0.1) is 0 Å². The van der Waals surface area contributed by atoms with Crippen LogP contribution >= 0.6 is 0 Å². The third kappa shape index (κ3) is 4.82. The zero-order valence-corrected chi connectivity index (χ0v) is 11.4. The maximum Gasteiger partial charge on any atom is 0.241 e. The number of rotatable bonds is 2. The molecule has 108 valence electrons. The quantitative estimate of drug-likeness (QED) is 0.779. The summed E-state index contributed by atoms with van der Waals surface area (Å²) in [7, 11) is 7.25. The van der Waals surface area contributed by atoms with Gasteiger partial charge in [0.05, 0.1) is 18.9 Å². The molecule has 19 heavy (non-hydrogen) atoms. The number of allylic oxidation sites excluding steroid dienone is 1. The molecule has 2 unspecified atom stereocenters. The van der Waals surface area contributed by atoms with E-state index >= 15 is 0 Å². The fourth-order valence-electron chi connectivity index (χ4n) is 1.57. The summed E-state index contributed by atoms with van der Waals surface area (Å²) in [6.07, 6.45) is 7.31. The Hall–Kier alpha value is -1.69. The maximum absolute atomic E-state index is 11.5. The number of fused-ring (bicyclic) bond motifs is 1. The smallest absolute Gasteiger partial charge is 0.241 e. The molecule has 2 rings (SSSR count). The van der Waals surface area contributed by atoms with E-state index in [1.807, 2.05) is 31.1 Å². The topological polar surface area (TPSA) is 60.3 Å². The first-order chi connectivity index (χ1) is 8.60. The van der Waals surface area contributed by atoms with Crippen molar-refractivity contribution >= 4 is 18.5 Å². The van der Waals surface area contributed by atoms with Crippen molar-refractivity contribution in [3.63, 3.8) is 0 Å². The Kier molecular flexibility index (Phi) is 7.67. The Morgan fingerprint density at radius 2 is 2.00 bits per heavy atom. The van der Waals surface area contributed by atoms with E-state index in [1.54, 1.807) is 31.5 Å². The number of amides is 1. The van der Waals surface area contributed by atoms with Crippen LogP contribution in [0.3, 0.4) is 0 Å². The van der Waals surface area contributed by atoms with Crippen molar-refractivity contribution in [2.75, 3.05) is 34.7 Å². The van der Waals surface area contributed by atoms with Gasteiger partial charge in [-0.3, -0.25) is 9.79 Å². The van der Waals surface area contributed by atoms with Gasteiger partial charge in [0.15, 0.2) is 6.17 Å². The average molecular weight is 267 g/mol. The number of hydrogen-bond donors (Lipinski definition) is 1. The molecule has 0 aromatic heterocycles. The highest BCUT2D eigenvalue weighted by molar-refractivity contribution is 5.81. The van der Waals surface area contributed by atoms with Crippen LogP contribution in [-0.4, -0.2) is 75.2 Å². The van der Waals surface area contributed by atoms with Crippen LogP contribution in [0.5, 0.6) is 0 Å². The van der Waals surface area contributed by atoms with Crippen molar-refractivity contribution in [1.82, 2.24) is 15.1 Å². The predicted octanol–water partition coefficient (Wildman–Crippen LogP) is 0.226. The van der Waals surface area contributed by atoms with Gasteiger partial charge in [0, 0.05) is 20.3 Å². The molecule has 0 aromatic rings. The molecule has 2 atom stereocenters. The zero-order valence-electron chi connectivity index (χ0n) is 11.4. The van der Waals surface area contributed by atoms with Gasteiger partial charge in [0.2, 0.25) is 5.91 Å². The van der Waals surface area contributed by atoms with Crippen molar-refractivity contribution in [3.05, 3.63) is 12.2 Å². The molecule has 0 aliphatic carbocycles. The predicted molar refractivity (Wildman–Crippen MR) is 80.8 cm³/mol. The Morgan fingerprint density at radius 1 is 1.37 bits per heavy atom. The molecule has 0 fully saturated rings. The van der Waals surface area contributed by atoms with Gasteiger partial charge in [-0.25, -0.2) is 4.99 Å². The number of aliphatic imine (C=N–C) groups is 2. The van der Waals surface area contributed by atoms with Crippen LogP contribution in [0.1, 0.15) is 7.43 Å². The van der Waals surface area contributed by atoms with Crippen LogP contribution in [0, 0.1) is 0 Å². The van der Waals surface area contributed by atoms with Gasteiger partial charge < -0.3 is 15.1 Å². The Morgan fingerprint density at radius 3 is 2.58 bits per heavy atom. The molecule has 1 N–H and O–H groups in total. The second-order valence-electron chi connectivity index (χ2n) is 4.31. The van der Waals surface area contributed by atoms with Crippen LogP contribution in [-0.2, 0) is 4.79 Å². The highest BCUT2D eigenvalue weighted by Gasteiger charge is 2.30. The highest BCUT2D eigenvalue weighted by Crippen LogP contribution is 2.18. The molecule has 0 bridgehead atoms. The first kappa shape index (κ1) is 17.3. The lowest BCUT2D eigenvalue weighted by Gasteiger charge is -2.25. The third-order valence-corrected chi connectivity index (χ3v) is 2.51. The standard InChI is InChI=1S/C10H14N4O.C2H7N.CH4/c1-13(2)9(15)6-14-7-12-10-8(14)4-3-5-11-10;1-3-2;/h3-5,7-8,10H,6H2,1-2H3;3H,1-2H3;1H4. The van der Waals surface area contributed by atoms with E-state index in [1.165, 1.54) is 0 Å². The number of nitrogens with one attached hydrogen (secondary N) is 1. The summed E-state index contributed by atoms with van der Waals surface area (Å²) in [4.78, 5) is 23.5. The molecule has 2 aliphatic rings. The first-order valence-corrected chi connectivity index (χ1v) is 5.87. The van der Waals surface area contributed by atoms with E-state index in [2.05, 4.69) is 15.3 Å². The highest BCUT2D eigenvalue weighted by atomic mass is 16.2. The molecule has 2 heterocycles. The maximum atomic E-state index is 11.5. The number of nitrogens with zero attached hydrogens (tertiary/aromatic N) is 4. The van der Waals surface area contributed by atoms with Crippen LogP contribution < -0.4 is 5.32 Å². The van der Waals surface area contributed by atoms with E-state index in [0.29, 0.717) is 6.54 Å². The Bertz CT molecular complexity index is 362. The summed E-state index contributed by atoms with van der Waals surface area (Å²) >= 11 is 0. The molecule has 1 amide bonds. The number of carbonyl (C=O) groups is 1. The molecule has 0 spiro atoms. The van der Waals surface area contributed by atoms with Crippen LogP contribution in [0.25, 0.3) is 0 Å². The van der Waals surface area contributed by atoms with E-state index in [-0.39, 0.29) is 25.5 Å². The number of likely N-dealkylation sites (N-methyl/N-ethyl adjacent to an activating group) is 1. The van der Waals surface area contributed by atoms with Gasteiger partial charge in [-0.1, -0.05) is 13.5 Å². The molecule has 0 aromatic carbocycles. The monoisotopic (exact) mass is 267 g/mol. The summed E-state index contributed by atoms with van der Waals surface area (Å²) in [5.41, 5.74) is 0. The minimum absolute atomic E-state index is 0. The number of carbonyl (C=O) groups excluding carboxylic acids is 1. The normalized spacial score (nSPS) is 22.2. The van der Waals surface area contributed by atoms with Gasteiger partial charge in [-0.05, 0) is 20.2 Å². The van der Waals surface area contributed by atoms with E-state index in [0.717, 1.165) is 0 Å². The van der Waals surface area contributed by atoms with Crippen molar-refractivity contribution < 1.29 is 4.79 Å². The summed E-state index contributed by atoms with van der Waals surface area (Å²) in [5, 5.41) is 2.75. The molecular formula is C13H25N5O. The van der Waals surface area contributed by atoms with E-state index in [9.17, 15) is 4.79 Å². The van der Waals surface area contributed by atoms with Crippen LogP contribution in [0.15, 0.2) is 22.1 Å². The summed E-state index contributed by atoms with van der Waals surface area (Å²) in [5.74, 6) is 0.0741. The average Bonchev–Trinajstić information content (AvgIpc) is 2.74. The second kappa shape index (κ2) is 8.42. The minimum atomic E-state index is -0.0648. The fraction of sp³-hybridized carbons (Fsp3) is 0.615. The van der Waals surface area contributed by atoms with Gasteiger partial charge >= 0.3 is 0 Å². The SMILES string of the molecule is C.CN(C)C(=O)CN1C=NC2N=CC=CC21.CNC. The third-order valence-electron chi connectivity index (χ3n) is 2.51. The second-order valence-corrected chi connectivity index (χ2v) is 4.31. The first-order valence-electron chi connectivity index (χ1n) is 5.87. The summed E-state index contributed by atoms with van der Waals surface area (Å²) in [6.45, 7) is 0.359. The van der Waals surface area contributed by atoms with Crippen LogP contribution in [0.4, 0.5) is 0 Å². The molecule has 6 nitrogen and oxygen atoms in total. The van der Waals surface area contributed by atoms with Crippen molar-refractivity contribution in [3.8, 4) is 0 Å². The molecule has 6 heteroatoms. The van der Waals surface area contributed by atoms with Crippen molar-refractivity contribution in [2.45, 2.75) is 19.6 Å². The van der Waals surface area contributed by atoms with Crippen molar-refractivity contribution in [1.29, 1.82) is 0 Å². The fourth-order valence-corrected chi connectivity index (χ4v) is 1.57. The molecular weight excluding hydrogens is 242 g/mol. The zero-order chi connectivity index (χ0) is 13.5. The molecule has 0 radical (unpaired) electrons. The van der Waals surface area contributed by atoms with Gasteiger partial charge in [0.25, 0.3) is 0 Å². The lowest BCUT2D eigenvalue weighted by Crippen LogP contribution is -2.41.